The smallest absolute Gasteiger partial charge is 0.139 e. The molecule has 1 aromatic rings. The van der Waals surface area contributed by atoms with E-state index in [1.807, 2.05) is 0 Å². The van der Waals surface area contributed by atoms with Crippen molar-refractivity contribution in [2.75, 3.05) is 0 Å². The quantitative estimate of drug-likeness (QED) is 0.565. The predicted molar refractivity (Wildman–Crippen MR) is 60.9 cm³/mol. The molecule has 0 atom stereocenters. The van der Waals surface area contributed by atoms with Gasteiger partial charge in [0.25, 0.3) is 0 Å². The first-order valence-corrected chi connectivity index (χ1v) is 5.72. The molecule has 16 heavy (non-hydrogen) atoms. The fourth-order valence-electron chi connectivity index (χ4n) is 1.88. The van der Waals surface area contributed by atoms with Gasteiger partial charge in [0, 0.05) is 5.56 Å². The van der Waals surface area contributed by atoms with Crippen molar-refractivity contribution >= 4 is 6.21 Å². The van der Waals surface area contributed by atoms with E-state index >= 15 is 0 Å². The number of rotatable bonds is 3. The molecule has 1 radical (unpaired) electrons. The highest BCUT2D eigenvalue weighted by Gasteiger charge is 2.13. The largest absolute Gasteiger partial charge is 0.392 e. The molecule has 0 aliphatic heterocycles. The molecule has 0 amide bonds. The summed E-state index contributed by atoms with van der Waals surface area (Å²) in [6.45, 7) is 0. The third-order valence-electron chi connectivity index (χ3n) is 2.75. The van der Waals surface area contributed by atoms with Gasteiger partial charge in [-0.15, -0.1) is 0 Å². The highest BCUT2D eigenvalue weighted by atomic mass is 19.1. The lowest BCUT2D eigenvalue weighted by Crippen LogP contribution is -2.13. The maximum atomic E-state index is 12.8. The molecule has 0 N–H and O–H groups in total. The van der Waals surface area contributed by atoms with Gasteiger partial charge in [0.1, 0.15) is 18.1 Å². The normalized spacial score (nSPS) is 17.8. The van der Waals surface area contributed by atoms with Crippen molar-refractivity contribution < 1.29 is 9.23 Å². The van der Waals surface area contributed by atoms with Crippen LogP contribution in [0.25, 0.3) is 0 Å². The summed E-state index contributed by atoms with van der Waals surface area (Å²) in [6.07, 6.45) is 8.75. The number of halogens is 1. The van der Waals surface area contributed by atoms with Crippen LogP contribution in [-0.4, -0.2) is 12.3 Å². The van der Waals surface area contributed by atoms with Gasteiger partial charge in [-0.3, -0.25) is 0 Å². The molecule has 3 heteroatoms. The van der Waals surface area contributed by atoms with E-state index in [9.17, 15) is 4.39 Å². The Morgan fingerprint density at radius 2 is 2.06 bits per heavy atom. The second-order valence-corrected chi connectivity index (χ2v) is 4.08. The third kappa shape index (κ3) is 3.33. The summed E-state index contributed by atoms with van der Waals surface area (Å²) in [5.74, 6) is -0.280. The van der Waals surface area contributed by atoms with Gasteiger partial charge < -0.3 is 4.84 Å². The Morgan fingerprint density at radius 1 is 1.25 bits per heavy atom. The monoisotopic (exact) mass is 220 g/mol. The fourth-order valence-corrected chi connectivity index (χ4v) is 1.88. The van der Waals surface area contributed by atoms with Gasteiger partial charge in [0.15, 0.2) is 0 Å². The molecule has 1 aromatic carbocycles. The van der Waals surface area contributed by atoms with Crippen LogP contribution < -0.4 is 0 Å². The van der Waals surface area contributed by atoms with Crippen molar-refractivity contribution in [1.82, 2.24) is 0 Å². The summed E-state index contributed by atoms with van der Waals surface area (Å²) in [5.41, 5.74) is 0.607. The zero-order valence-corrected chi connectivity index (χ0v) is 9.16. The summed E-state index contributed by atoms with van der Waals surface area (Å²) in [4.78, 5) is 5.32. The van der Waals surface area contributed by atoms with Gasteiger partial charge in [0.2, 0.25) is 0 Å². The van der Waals surface area contributed by atoms with Crippen LogP contribution in [0.1, 0.15) is 37.7 Å². The lowest BCUT2D eigenvalue weighted by molar-refractivity contribution is 0.0340. The summed E-state index contributed by atoms with van der Waals surface area (Å²) in [5, 5.41) is 3.79. The Hall–Kier alpha value is -1.38. The second-order valence-electron chi connectivity index (χ2n) is 4.08. The standard InChI is InChI=1S/C13H15FNO/c14-12-6-4-5-11(9-12)10-15-16-13-7-2-1-3-8-13/h4-6,9,13H,1-3,7-8H2. The van der Waals surface area contributed by atoms with Crippen LogP contribution in [0.5, 0.6) is 0 Å². The highest BCUT2D eigenvalue weighted by molar-refractivity contribution is 5.78. The zero-order valence-electron chi connectivity index (χ0n) is 9.16. The molecule has 0 spiro atoms. The number of hydrogen-bond acceptors (Lipinski definition) is 2. The first kappa shape index (κ1) is 11.1. The average Bonchev–Trinajstić information content (AvgIpc) is 2.30. The molecular formula is C13H15FNO. The van der Waals surface area contributed by atoms with E-state index in [4.69, 9.17) is 4.84 Å². The molecule has 1 fully saturated rings. The molecule has 2 nitrogen and oxygen atoms in total. The van der Waals surface area contributed by atoms with Crippen LogP contribution in [-0.2, 0) is 4.84 Å². The Kier molecular flexibility index (Phi) is 3.91. The molecule has 1 aliphatic carbocycles. The summed E-state index contributed by atoms with van der Waals surface area (Å²) >= 11 is 0. The molecule has 2 rings (SSSR count). The molecule has 1 saturated carbocycles. The topological polar surface area (TPSA) is 21.6 Å². The summed E-state index contributed by atoms with van der Waals surface area (Å²) < 4.78 is 12.8. The van der Waals surface area contributed by atoms with Crippen molar-refractivity contribution in [2.24, 2.45) is 5.16 Å². The highest BCUT2D eigenvalue weighted by Crippen LogP contribution is 2.20. The number of nitrogens with zero attached hydrogens (tertiary/aromatic N) is 1. The van der Waals surface area contributed by atoms with Gasteiger partial charge in [0.05, 0.1) is 0 Å². The molecular weight excluding hydrogens is 205 g/mol. The Morgan fingerprint density at radius 3 is 2.81 bits per heavy atom. The minimum Gasteiger partial charge on any atom is -0.392 e. The van der Waals surface area contributed by atoms with Crippen LogP contribution in [0.15, 0.2) is 29.4 Å². The van der Waals surface area contributed by atoms with E-state index in [1.165, 1.54) is 31.4 Å². The lowest BCUT2D eigenvalue weighted by atomic mass is 9.98. The number of benzene rings is 1. The van der Waals surface area contributed by atoms with Gasteiger partial charge in [-0.1, -0.05) is 23.7 Å². The van der Waals surface area contributed by atoms with Gasteiger partial charge in [-0.2, -0.15) is 0 Å². The van der Waals surface area contributed by atoms with Crippen molar-refractivity contribution in [3.05, 3.63) is 35.6 Å². The molecule has 0 heterocycles. The van der Waals surface area contributed by atoms with E-state index in [1.54, 1.807) is 12.1 Å². The first-order valence-electron chi connectivity index (χ1n) is 5.72. The van der Waals surface area contributed by atoms with E-state index < -0.39 is 0 Å². The van der Waals surface area contributed by atoms with Crippen molar-refractivity contribution in [2.45, 2.75) is 38.2 Å². The van der Waals surface area contributed by atoms with E-state index in [-0.39, 0.29) is 11.9 Å². The lowest BCUT2D eigenvalue weighted by Gasteiger charge is -2.18. The second kappa shape index (κ2) is 5.64. The maximum absolute atomic E-state index is 12.8. The maximum Gasteiger partial charge on any atom is 0.139 e. The minimum absolute atomic E-state index is 0.217. The SMILES string of the molecule is Fc1cccc(/[C]=N/OC2CCCCC2)c1. The molecule has 1 aliphatic rings. The van der Waals surface area contributed by atoms with Crippen molar-refractivity contribution in [3.63, 3.8) is 0 Å². The third-order valence-corrected chi connectivity index (χ3v) is 2.75. The Labute approximate surface area is 95.1 Å². The fraction of sp³-hybridized carbons (Fsp3) is 0.462. The molecule has 0 aromatic heterocycles. The van der Waals surface area contributed by atoms with Gasteiger partial charge in [-0.25, -0.2) is 4.39 Å². The van der Waals surface area contributed by atoms with Gasteiger partial charge >= 0.3 is 0 Å². The molecule has 85 valence electrons. The van der Waals surface area contributed by atoms with Gasteiger partial charge in [-0.05, 0) is 37.8 Å². The van der Waals surface area contributed by atoms with Crippen LogP contribution >= 0.6 is 0 Å². The Bertz CT molecular complexity index is 359. The van der Waals surface area contributed by atoms with Crippen LogP contribution in [0.2, 0.25) is 0 Å². The molecule has 0 saturated heterocycles. The predicted octanol–water partition coefficient (Wildman–Crippen LogP) is 3.39. The van der Waals surface area contributed by atoms with Crippen molar-refractivity contribution in [3.8, 4) is 0 Å². The van der Waals surface area contributed by atoms with Crippen LogP contribution in [0.3, 0.4) is 0 Å². The van der Waals surface area contributed by atoms with Crippen LogP contribution in [0, 0.1) is 5.82 Å². The number of hydrogen-bond donors (Lipinski definition) is 0. The average molecular weight is 220 g/mol. The summed E-state index contributed by atoms with van der Waals surface area (Å²) in [7, 11) is 0. The zero-order chi connectivity index (χ0) is 11.2. The minimum atomic E-state index is -0.280. The van der Waals surface area contributed by atoms with Crippen LogP contribution in [0.4, 0.5) is 4.39 Å². The summed E-state index contributed by atoms with van der Waals surface area (Å²) in [6, 6.07) is 6.16. The van der Waals surface area contributed by atoms with E-state index in [2.05, 4.69) is 11.4 Å². The first-order chi connectivity index (χ1) is 7.84. The van der Waals surface area contributed by atoms with E-state index in [0.29, 0.717) is 5.56 Å². The Balaban J connectivity index is 1.84. The molecule has 0 unspecified atom stereocenters. The molecule has 0 bridgehead atoms. The van der Waals surface area contributed by atoms with E-state index in [0.717, 1.165) is 12.8 Å². The van der Waals surface area contributed by atoms with Crippen molar-refractivity contribution in [1.29, 1.82) is 0 Å².